The van der Waals surface area contributed by atoms with Crippen LogP contribution in [0, 0.1) is 5.92 Å². The van der Waals surface area contributed by atoms with Gasteiger partial charge < -0.3 is 14.9 Å². The van der Waals surface area contributed by atoms with Crippen molar-refractivity contribution in [2.75, 3.05) is 18.8 Å². The molecule has 1 fully saturated rings. The smallest absolute Gasteiger partial charge is 0.250 e. The lowest BCUT2D eigenvalue weighted by Gasteiger charge is -2.42. The van der Waals surface area contributed by atoms with Gasteiger partial charge in [-0.1, -0.05) is 6.07 Å². The Morgan fingerprint density at radius 3 is 2.96 bits per heavy atom. The van der Waals surface area contributed by atoms with Crippen LogP contribution in [0.1, 0.15) is 23.9 Å². The number of rotatable bonds is 2. The number of anilines is 1. The number of imidazole rings is 1. The molecule has 2 aliphatic rings. The molecule has 2 bridgehead atoms. The van der Waals surface area contributed by atoms with Crippen LogP contribution < -0.4 is 11.3 Å². The number of hydrogen-bond acceptors (Lipinski definition) is 4. The van der Waals surface area contributed by atoms with Gasteiger partial charge in [-0.25, -0.2) is 4.98 Å². The van der Waals surface area contributed by atoms with Gasteiger partial charge in [0.05, 0.1) is 17.6 Å². The van der Waals surface area contributed by atoms with E-state index in [1.165, 1.54) is 12.1 Å². The molecule has 2 aromatic heterocycles. The van der Waals surface area contributed by atoms with Gasteiger partial charge in [0.15, 0.2) is 0 Å². The summed E-state index contributed by atoms with van der Waals surface area (Å²) in [7, 11) is 2.07. The maximum absolute atomic E-state index is 12.2. The minimum atomic E-state index is 0.138. The molecule has 6 nitrogen and oxygen atoms in total. The van der Waals surface area contributed by atoms with Gasteiger partial charge >= 0.3 is 0 Å². The predicted octanol–water partition coefficient (Wildman–Crippen LogP) is 1.94. The summed E-state index contributed by atoms with van der Waals surface area (Å²) in [5.41, 5.74) is 10.0. The number of piperidine rings is 1. The third kappa shape index (κ3) is 2.44. The molecule has 0 saturated carbocycles. The van der Waals surface area contributed by atoms with Crippen LogP contribution >= 0.6 is 0 Å². The highest BCUT2D eigenvalue weighted by atomic mass is 16.1. The Morgan fingerprint density at radius 2 is 2.08 bits per heavy atom. The van der Waals surface area contributed by atoms with Crippen LogP contribution in [0.2, 0.25) is 0 Å². The topological polar surface area (TPSA) is 69.1 Å². The normalized spacial score (nSPS) is 22.5. The van der Waals surface area contributed by atoms with E-state index in [4.69, 9.17) is 10.7 Å². The Balaban J connectivity index is 1.43. The van der Waals surface area contributed by atoms with Crippen molar-refractivity contribution >= 4 is 16.7 Å². The molecule has 2 N–H and O–H groups in total. The minimum Gasteiger partial charge on any atom is -0.399 e. The Labute approximate surface area is 151 Å². The van der Waals surface area contributed by atoms with Gasteiger partial charge in [-0.05, 0) is 36.6 Å². The summed E-state index contributed by atoms with van der Waals surface area (Å²) < 4.78 is 4.14. The number of nitrogens with zero attached hydrogens (tertiary/aromatic N) is 4. The second kappa shape index (κ2) is 5.71. The highest BCUT2D eigenvalue weighted by molar-refractivity contribution is 5.79. The number of fused-ring (bicyclic) bond motifs is 5. The van der Waals surface area contributed by atoms with Crippen LogP contribution in [-0.4, -0.2) is 32.1 Å². The molecule has 6 heteroatoms. The van der Waals surface area contributed by atoms with Gasteiger partial charge in [-0.3, -0.25) is 9.69 Å². The van der Waals surface area contributed by atoms with Crippen molar-refractivity contribution in [2.24, 2.45) is 13.0 Å². The van der Waals surface area contributed by atoms with Crippen molar-refractivity contribution in [1.29, 1.82) is 0 Å². The number of benzene rings is 1. The van der Waals surface area contributed by atoms with Crippen molar-refractivity contribution in [1.82, 2.24) is 19.0 Å². The summed E-state index contributed by atoms with van der Waals surface area (Å²) >= 11 is 0. The fourth-order valence-electron chi connectivity index (χ4n) is 4.73. The van der Waals surface area contributed by atoms with Crippen molar-refractivity contribution in [3.05, 3.63) is 58.3 Å². The van der Waals surface area contributed by atoms with Crippen molar-refractivity contribution in [3.63, 3.8) is 0 Å². The summed E-state index contributed by atoms with van der Waals surface area (Å²) in [6, 6.07) is 11.6. The standard InChI is InChI=1S/C20H23N5O/c1-23-18-6-5-15(21)8-16(18)22-19(23)12-24-9-13-7-14(11-24)17-3-2-4-20(26)25(17)10-13/h2-6,8,13-14H,7,9-12,21H2,1H3/t13-,14-/m1/s1. The molecule has 0 radical (unpaired) electrons. The van der Waals surface area contributed by atoms with Gasteiger partial charge in [0.25, 0.3) is 5.56 Å². The first-order valence-corrected chi connectivity index (χ1v) is 9.21. The molecule has 134 valence electrons. The molecule has 0 spiro atoms. The highest BCUT2D eigenvalue weighted by Gasteiger charge is 2.34. The quantitative estimate of drug-likeness (QED) is 0.718. The molecule has 0 aliphatic carbocycles. The van der Waals surface area contributed by atoms with Crippen LogP contribution in [-0.2, 0) is 20.1 Å². The third-order valence-electron chi connectivity index (χ3n) is 5.92. The molecular weight excluding hydrogens is 326 g/mol. The molecule has 0 amide bonds. The van der Waals surface area contributed by atoms with Gasteiger partial charge in [0, 0.05) is 50.0 Å². The Bertz CT molecular complexity index is 1050. The maximum Gasteiger partial charge on any atom is 0.250 e. The Kier molecular flexibility index (Phi) is 3.43. The van der Waals surface area contributed by atoms with E-state index >= 15 is 0 Å². The lowest BCUT2D eigenvalue weighted by molar-refractivity contribution is 0.111. The number of nitrogen functional groups attached to an aromatic ring is 1. The zero-order valence-corrected chi connectivity index (χ0v) is 14.9. The van der Waals surface area contributed by atoms with Gasteiger partial charge in [-0.2, -0.15) is 0 Å². The number of aryl methyl sites for hydroxylation is 1. The van der Waals surface area contributed by atoms with Crippen molar-refractivity contribution in [3.8, 4) is 0 Å². The average Bonchev–Trinajstić information content (AvgIpc) is 2.91. The van der Waals surface area contributed by atoms with E-state index in [9.17, 15) is 4.79 Å². The summed E-state index contributed by atoms with van der Waals surface area (Å²) in [5.74, 6) is 2.03. The minimum absolute atomic E-state index is 0.138. The van der Waals surface area contributed by atoms with Crippen LogP contribution in [0.5, 0.6) is 0 Å². The van der Waals surface area contributed by atoms with E-state index in [0.29, 0.717) is 11.8 Å². The Hall–Kier alpha value is -2.60. The average molecular weight is 349 g/mol. The van der Waals surface area contributed by atoms with Gasteiger partial charge in [0.1, 0.15) is 5.82 Å². The van der Waals surface area contributed by atoms with E-state index in [1.54, 1.807) is 6.07 Å². The second-order valence-corrected chi connectivity index (χ2v) is 7.73. The summed E-state index contributed by atoms with van der Waals surface area (Å²) in [4.78, 5) is 19.5. The molecule has 26 heavy (non-hydrogen) atoms. The lowest BCUT2D eigenvalue weighted by Crippen LogP contribution is -2.46. The molecule has 0 unspecified atom stereocenters. The van der Waals surface area contributed by atoms with Crippen molar-refractivity contribution in [2.45, 2.75) is 25.4 Å². The van der Waals surface area contributed by atoms with Crippen LogP contribution in [0.4, 0.5) is 5.69 Å². The zero-order chi connectivity index (χ0) is 17.8. The number of nitrogens with two attached hydrogens (primary N) is 1. The number of hydrogen-bond donors (Lipinski definition) is 1. The summed E-state index contributed by atoms with van der Waals surface area (Å²) in [6.45, 7) is 3.66. The second-order valence-electron chi connectivity index (χ2n) is 7.73. The molecule has 2 aliphatic heterocycles. The maximum atomic E-state index is 12.2. The third-order valence-corrected chi connectivity index (χ3v) is 5.92. The van der Waals surface area contributed by atoms with E-state index in [1.807, 2.05) is 28.8 Å². The molecule has 4 heterocycles. The predicted molar refractivity (Wildman–Crippen MR) is 102 cm³/mol. The fourth-order valence-corrected chi connectivity index (χ4v) is 4.73. The summed E-state index contributed by atoms with van der Waals surface area (Å²) in [5, 5.41) is 0. The molecule has 2 atom stereocenters. The first-order chi connectivity index (χ1) is 12.6. The SMILES string of the molecule is Cn1c(CN2C[C@H]3C[C@H](C2)c2cccc(=O)n2C3)nc2cc(N)ccc21. The van der Waals surface area contributed by atoms with E-state index in [0.717, 1.165) is 48.7 Å². The Morgan fingerprint density at radius 1 is 1.19 bits per heavy atom. The first kappa shape index (κ1) is 15.6. The zero-order valence-electron chi connectivity index (χ0n) is 14.9. The van der Waals surface area contributed by atoms with Gasteiger partial charge in [0.2, 0.25) is 0 Å². The highest BCUT2D eigenvalue weighted by Crippen LogP contribution is 2.35. The van der Waals surface area contributed by atoms with Gasteiger partial charge in [-0.15, -0.1) is 0 Å². The monoisotopic (exact) mass is 349 g/mol. The molecule has 1 saturated heterocycles. The largest absolute Gasteiger partial charge is 0.399 e. The first-order valence-electron chi connectivity index (χ1n) is 9.21. The number of pyridine rings is 1. The van der Waals surface area contributed by atoms with Crippen LogP contribution in [0.25, 0.3) is 11.0 Å². The molecular formula is C20H23N5O. The number of aromatic nitrogens is 3. The van der Waals surface area contributed by atoms with Crippen LogP contribution in [0.15, 0.2) is 41.2 Å². The molecule has 3 aromatic rings. The van der Waals surface area contributed by atoms with Crippen molar-refractivity contribution < 1.29 is 0 Å². The van der Waals surface area contributed by atoms with E-state index in [2.05, 4.69) is 22.6 Å². The number of likely N-dealkylation sites (tertiary alicyclic amines) is 1. The van der Waals surface area contributed by atoms with E-state index < -0.39 is 0 Å². The van der Waals surface area contributed by atoms with E-state index in [-0.39, 0.29) is 5.56 Å². The summed E-state index contributed by atoms with van der Waals surface area (Å²) in [6.07, 6.45) is 1.18. The molecule has 5 rings (SSSR count). The fraction of sp³-hybridized carbons (Fsp3) is 0.400. The molecule has 1 aromatic carbocycles. The van der Waals surface area contributed by atoms with Crippen LogP contribution in [0.3, 0.4) is 0 Å². The lowest BCUT2D eigenvalue weighted by atomic mass is 9.83.